The van der Waals surface area contributed by atoms with Crippen LogP contribution in [-0.2, 0) is 15.8 Å². The van der Waals surface area contributed by atoms with Gasteiger partial charge >= 0.3 is 6.18 Å². The topological polar surface area (TPSA) is 49.4 Å². The van der Waals surface area contributed by atoms with E-state index in [9.17, 15) is 22.8 Å². The summed E-state index contributed by atoms with van der Waals surface area (Å²) in [5, 5.41) is 2.56. The fourth-order valence-electron chi connectivity index (χ4n) is 3.56. The Balaban J connectivity index is 1.73. The summed E-state index contributed by atoms with van der Waals surface area (Å²) in [4.78, 5) is 27.2. The van der Waals surface area contributed by atoms with Gasteiger partial charge in [-0.2, -0.15) is 13.2 Å². The van der Waals surface area contributed by atoms with Crippen LogP contribution < -0.4 is 5.32 Å². The molecule has 1 aliphatic heterocycles. The second kappa shape index (κ2) is 7.51. The van der Waals surface area contributed by atoms with E-state index in [4.69, 9.17) is 0 Å². The van der Waals surface area contributed by atoms with E-state index in [1.165, 1.54) is 12.1 Å². The minimum absolute atomic E-state index is 0.0314. The average Bonchev–Trinajstić information content (AvgIpc) is 3.15. The van der Waals surface area contributed by atoms with Crippen LogP contribution in [0, 0.1) is 11.8 Å². The van der Waals surface area contributed by atoms with Crippen LogP contribution in [0.2, 0.25) is 0 Å². The van der Waals surface area contributed by atoms with Gasteiger partial charge in [0.05, 0.1) is 17.4 Å². The van der Waals surface area contributed by atoms with Crippen LogP contribution >= 0.6 is 0 Å². The van der Waals surface area contributed by atoms with Crippen molar-refractivity contribution in [1.29, 1.82) is 0 Å². The Labute approximate surface area is 150 Å². The van der Waals surface area contributed by atoms with Crippen LogP contribution in [0.25, 0.3) is 0 Å². The molecule has 0 radical (unpaired) electrons. The Kier molecular flexibility index (Phi) is 5.34. The Morgan fingerprint density at radius 2 is 1.69 bits per heavy atom. The maximum atomic E-state index is 12.8. The molecule has 7 heteroatoms. The smallest absolute Gasteiger partial charge is 0.342 e. The van der Waals surface area contributed by atoms with E-state index in [1.807, 2.05) is 12.2 Å². The number of benzene rings is 1. The summed E-state index contributed by atoms with van der Waals surface area (Å²) in [5.41, 5.74) is -0.727. The molecule has 0 aromatic heterocycles. The lowest BCUT2D eigenvalue weighted by Crippen LogP contribution is -2.42. The number of anilines is 1. The molecule has 0 bridgehead atoms. The predicted molar refractivity (Wildman–Crippen MR) is 91.2 cm³/mol. The molecule has 1 aromatic rings. The van der Waals surface area contributed by atoms with Crippen molar-refractivity contribution in [1.82, 2.24) is 4.90 Å². The van der Waals surface area contributed by atoms with Gasteiger partial charge in [-0.05, 0) is 43.9 Å². The highest BCUT2D eigenvalue weighted by atomic mass is 19.4. The first-order chi connectivity index (χ1) is 12.4. The number of nitrogens with zero attached hydrogens (tertiary/aromatic N) is 1. The van der Waals surface area contributed by atoms with Crippen molar-refractivity contribution >= 4 is 17.5 Å². The molecule has 2 aliphatic rings. The molecule has 1 aliphatic carbocycles. The molecule has 3 rings (SSSR count). The summed E-state index contributed by atoms with van der Waals surface area (Å²) in [7, 11) is 0. The molecule has 1 heterocycles. The van der Waals surface area contributed by atoms with Gasteiger partial charge in [-0.15, -0.1) is 0 Å². The van der Waals surface area contributed by atoms with Crippen LogP contribution in [0.3, 0.4) is 0 Å². The number of rotatable bonds is 3. The zero-order chi connectivity index (χ0) is 18.7. The normalized spacial score (nSPS) is 23.1. The van der Waals surface area contributed by atoms with E-state index in [0.29, 0.717) is 25.9 Å². The van der Waals surface area contributed by atoms with Gasteiger partial charge in [-0.3, -0.25) is 9.59 Å². The number of carbonyl (C=O) groups is 2. The summed E-state index contributed by atoms with van der Waals surface area (Å²) >= 11 is 0. The first-order valence-corrected chi connectivity index (χ1v) is 8.78. The largest absolute Gasteiger partial charge is 0.416 e. The molecule has 2 amide bonds. The van der Waals surface area contributed by atoms with Gasteiger partial charge in [-0.25, -0.2) is 0 Å². The molecule has 2 atom stereocenters. The molecule has 1 fully saturated rings. The SMILES string of the molecule is O=C(Nc1cccc(C(F)(F)F)c1)C1CC=CCC1C(=O)N1CCCC1. The zero-order valence-corrected chi connectivity index (χ0v) is 14.3. The van der Waals surface area contributed by atoms with Gasteiger partial charge in [-0.1, -0.05) is 18.2 Å². The molecular weight excluding hydrogens is 345 g/mol. The van der Waals surface area contributed by atoms with Crippen molar-refractivity contribution in [3.63, 3.8) is 0 Å². The number of hydrogen-bond donors (Lipinski definition) is 1. The molecule has 0 spiro atoms. The third-order valence-corrected chi connectivity index (χ3v) is 4.96. The number of likely N-dealkylation sites (tertiary alicyclic amines) is 1. The molecule has 1 saturated heterocycles. The number of alkyl halides is 3. The number of amides is 2. The fraction of sp³-hybridized carbons (Fsp3) is 0.474. The fourth-order valence-corrected chi connectivity index (χ4v) is 3.56. The minimum Gasteiger partial charge on any atom is -0.342 e. The first-order valence-electron chi connectivity index (χ1n) is 8.78. The highest BCUT2D eigenvalue weighted by Gasteiger charge is 2.37. The maximum Gasteiger partial charge on any atom is 0.416 e. The number of carbonyl (C=O) groups excluding carboxylic acids is 2. The van der Waals surface area contributed by atoms with E-state index < -0.39 is 29.5 Å². The van der Waals surface area contributed by atoms with Crippen molar-refractivity contribution in [2.24, 2.45) is 11.8 Å². The van der Waals surface area contributed by atoms with Gasteiger partial charge in [0, 0.05) is 18.8 Å². The van der Waals surface area contributed by atoms with Gasteiger partial charge < -0.3 is 10.2 Å². The molecule has 140 valence electrons. The standard InChI is InChI=1S/C19H21F3N2O2/c20-19(21,22)13-6-5-7-14(12-13)23-17(25)15-8-1-2-9-16(15)18(26)24-10-3-4-11-24/h1-2,5-7,12,15-16H,3-4,8-11H2,(H,23,25). The Morgan fingerprint density at radius 3 is 2.35 bits per heavy atom. The molecular formula is C19H21F3N2O2. The van der Waals surface area contributed by atoms with Crippen LogP contribution in [0.15, 0.2) is 36.4 Å². The molecule has 4 nitrogen and oxygen atoms in total. The summed E-state index contributed by atoms with van der Waals surface area (Å²) in [6, 6.07) is 4.54. The average molecular weight is 366 g/mol. The van der Waals surface area contributed by atoms with Crippen molar-refractivity contribution in [2.45, 2.75) is 31.9 Å². The molecule has 2 unspecified atom stereocenters. The second-order valence-electron chi connectivity index (χ2n) is 6.76. The lowest BCUT2D eigenvalue weighted by atomic mass is 9.81. The van der Waals surface area contributed by atoms with Crippen molar-refractivity contribution in [2.75, 3.05) is 18.4 Å². The van der Waals surface area contributed by atoms with E-state index in [0.717, 1.165) is 25.0 Å². The number of hydrogen-bond acceptors (Lipinski definition) is 2. The Hall–Kier alpha value is -2.31. The van der Waals surface area contributed by atoms with Gasteiger partial charge in [0.25, 0.3) is 0 Å². The predicted octanol–water partition coefficient (Wildman–Crippen LogP) is 3.85. The van der Waals surface area contributed by atoms with E-state index in [-0.39, 0.29) is 11.6 Å². The van der Waals surface area contributed by atoms with Gasteiger partial charge in [0.15, 0.2) is 0 Å². The monoisotopic (exact) mass is 366 g/mol. The summed E-state index contributed by atoms with van der Waals surface area (Å²) < 4.78 is 38.5. The zero-order valence-electron chi connectivity index (χ0n) is 14.3. The first kappa shape index (κ1) is 18.5. The quantitative estimate of drug-likeness (QED) is 0.826. The van der Waals surface area contributed by atoms with Crippen LogP contribution in [0.4, 0.5) is 18.9 Å². The van der Waals surface area contributed by atoms with E-state index in [2.05, 4.69) is 5.32 Å². The Bertz CT molecular complexity index is 709. The number of nitrogens with one attached hydrogen (secondary N) is 1. The van der Waals surface area contributed by atoms with Crippen LogP contribution in [0.5, 0.6) is 0 Å². The molecule has 1 aromatic carbocycles. The summed E-state index contributed by atoms with van der Waals surface area (Å²) in [5.74, 6) is -1.46. The second-order valence-corrected chi connectivity index (χ2v) is 6.76. The van der Waals surface area contributed by atoms with Crippen molar-refractivity contribution in [3.05, 3.63) is 42.0 Å². The highest BCUT2D eigenvalue weighted by Crippen LogP contribution is 2.32. The third-order valence-electron chi connectivity index (χ3n) is 4.96. The van der Waals surface area contributed by atoms with Gasteiger partial charge in [0.2, 0.25) is 11.8 Å². The number of halogens is 3. The lowest BCUT2D eigenvalue weighted by Gasteiger charge is -2.30. The molecule has 26 heavy (non-hydrogen) atoms. The van der Waals surface area contributed by atoms with E-state index >= 15 is 0 Å². The Morgan fingerprint density at radius 1 is 1.04 bits per heavy atom. The molecule has 0 saturated carbocycles. The van der Waals surface area contributed by atoms with Crippen molar-refractivity contribution in [3.8, 4) is 0 Å². The summed E-state index contributed by atoms with van der Waals surface area (Å²) in [6.07, 6.45) is 2.11. The summed E-state index contributed by atoms with van der Waals surface area (Å²) in [6.45, 7) is 1.42. The van der Waals surface area contributed by atoms with Crippen molar-refractivity contribution < 1.29 is 22.8 Å². The third kappa shape index (κ3) is 4.08. The van der Waals surface area contributed by atoms with Crippen LogP contribution in [-0.4, -0.2) is 29.8 Å². The van der Waals surface area contributed by atoms with Crippen LogP contribution in [0.1, 0.15) is 31.2 Å². The lowest BCUT2D eigenvalue weighted by molar-refractivity contribution is -0.139. The minimum atomic E-state index is -4.47. The molecule has 1 N–H and O–H groups in total. The maximum absolute atomic E-state index is 12.8. The van der Waals surface area contributed by atoms with Gasteiger partial charge in [0.1, 0.15) is 0 Å². The highest BCUT2D eigenvalue weighted by molar-refractivity contribution is 5.96. The number of allylic oxidation sites excluding steroid dienone is 2. The van der Waals surface area contributed by atoms with E-state index in [1.54, 1.807) is 4.90 Å².